The predicted octanol–water partition coefficient (Wildman–Crippen LogP) is 3.03. The number of rotatable bonds is 4. The predicted molar refractivity (Wildman–Crippen MR) is 83.6 cm³/mol. The quantitative estimate of drug-likeness (QED) is 0.720. The third-order valence-corrected chi connectivity index (χ3v) is 3.34. The first kappa shape index (κ1) is 13.1. The number of amides is 1. The van der Waals surface area contributed by atoms with E-state index in [-0.39, 0.29) is 5.91 Å². The largest absolute Gasteiger partial charge is 0.360 e. The van der Waals surface area contributed by atoms with Crippen LogP contribution < -0.4 is 5.32 Å². The van der Waals surface area contributed by atoms with Gasteiger partial charge in [-0.05, 0) is 23.8 Å². The van der Waals surface area contributed by atoms with Gasteiger partial charge in [-0.2, -0.15) is 0 Å². The molecule has 2 N–H and O–H groups in total. The molecule has 0 aliphatic rings. The standard InChI is InChI=1S/C17H15N3O/c1-2-17(21)20-10-12-7-8-16(18-9-12)14-11-19-15-6-4-3-5-13(14)15/h2-9,11,19H,1,10H2,(H,20,21). The summed E-state index contributed by atoms with van der Waals surface area (Å²) in [5.41, 5.74) is 4.03. The molecule has 1 aromatic carbocycles. The minimum atomic E-state index is -0.185. The van der Waals surface area contributed by atoms with Gasteiger partial charge in [0, 0.05) is 35.4 Å². The van der Waals surface area contributed by atoms with E-state index >= 15 is 0 Å². The molecule has 2 aromatic heterocycles. The van der Waals surface area contributed by atoms with Crippen LogP contribution in [0, 0.1) is 0 Å². The summed E-state index contributed by atoms with van der Waals surface area (Å²) in [7, 11) is 0. The molecule has 0 radical (unpaired) electrons. The lowest BCUT2D eigenvalue weighted by Gasteiger charge is -2.04. The van der Waals surface area contributed by atoms with Crippen molar-refractivity contribution in [2.45, 2.75) is 6.54 Å². The molecule has 3 rings (SSSR count). The van der Waals surface area contributed by atoms with Crippen molar-refractivity contribution in [2.24, 2.45) is 0 Å². The van der Waals surface area contributed by atoms with Crippen molar-refractivity contribution in [3.8, 4) is 11.3 Å². The fourth-order valence-electron chi connectivity index (χ4n) is 2.23. The van der Waals surface area contributed by atoms with E-state index < -0.39 is 0 Å². The van der Waals surface area contributed by atoms with Crippen LogP contribution >= 0.6 is 0 Å². The van der Waals surface area contributed by atoms with Gasteiger partial charge in [0.2, 0.25) is 5.91 Å². The van der Waals surface area contributed by atoms with Crippen molar-refractivity contribution in [3.63, 3.8) is 0 Å². The number of hydrogen-bond donors (Lipinski definition) is 2. The van der Waals surface area contributed by atoms with Crippen LogP contribution in [-0.2, 0) is 11.3 Å². The zero-order valence-electron chi connectivity index (χ0n) is 11.5. The summed E-state index contributed by atoms with van der Waals surface area (Å²) in [6.45, 7) is 3.87. The number of nitrogens with zero attached hydrogens (tertiary/aromatic N) is 1. The molecule has 1 amide bonds. The Labute approximate surface area is 122 Å². The maximum Gasteiger partial charge on any atom is 0.243 e. The van der Waals surface area contributed by atoms with Gasteiger partial charge in [0.15, 0.2) is 0 Å². The number of aromatic amines is 1. The van der Waals surface area contributed by atoms with Gasteiger partial charge in [-0.25, -0.2) is 0 Å². The average Bonchev–Trinajstić information content (AvgIpc) is 2.97. The third-order valence-electron chi connectivity index (χ3n) is 3.34. The minimum Gasteiger partial charge on any atom is -0.360 e. The Bertz CT molecular complexity index is 787. The summed E-state index contributed by atoms with van der Waals surface area (Å²) in [6, 6.07) is 12.1. The Balaban J connectivity index is 1.84. The van der Waals surface area contributed by atoms with E-state index in [1.165, 1.54) is 6.08 Å². The number of aromatic nitrogens is 2. The molecule has 0 aliphatic heterocycles. The molecule has 0 saturated carbocycles. The van der Waals surface area contributed by atoms with E-state index in [2.05, 4.69) is 27.9 Å². The smallest absolute Gasteiger partial charge is 0.243 e. The Morgan fingerprint density at radius 1 is 1.29 bits per heavy atom. The highest BCUT2D eigenvalue weighted by atomic mass is 16.1. The third kappa shape index (κ3) is 2.69. The van der Waals surface area contributed by atoms with Gasteiger partial charge in [-0.15, -0.1) is 0 Å². The van der Waals surface area contributed by atoms with E-state index in [9.17, 15) is 4.79 Å². The maximum atomic E-state index is 11.1. The first-order valence-electron chi connectivity index (χ1n) is 6.69. The molecule has 0 atom stereocenters. The van der Waals surface area contributed by atoms with Crippen molar-refractivity contribution in [3.05, 3.63) is 67.0 Å². The fraction of sp³-hybridized carbons (Fsp3) is 0.0588. The molecule has 3 aromatic rings. The second-order valence-corrected chi connectivity index (χ2v) is 4.72. The second kappa shape index (κ2) is 5.63. The van der Waals surface area contributed by atoms with Gasteiger partial charge in [-0.3, -0.25) is 9.78 Å². The summed E-state index contributed by atoms with van der Waals surface area (Å²) in [5, 5.41) is 3.88. The zero-order valence-corrected chi connectivity index (χ0v) is 11.5. The number of nitrogens with one attached hydrogen (secondary N) is 2. The highest BCUT2D eigenvalue weighted by Gasteiger charge is 2.06. The average molecular weight is 277 g/mol. The van der Waals surface area contributed by atoms with Crippen LogP contribution in [0.5, 0.6) is 0 Å². The van der Waals surface area contributed by atoms with Crippen molar-refractivity contribution in [1.29, 1.82) is 0 Å². The van der Waals surface area contributed by atoms with Crippen molar-refractivity contribution in [1.82, 2.24) is 15.3 Å². The van der Waals surface area contributed by atoms with Crippen LogP contribution in [0.4, 0.5) is 0 Å². The first-order valence-corrected chi connectivity index (χ1v) is 6.69. The van der Waals surface area contributed by atoms with Crippen LogP contribution in [0.15, 0.2) is 61.4 Å². The highest BCUT2D eigenvalue weighted by Crippen LogP contribution is 2.26. The monoisotopic (exact) mass is 277 g/mol. The molecular weight excluding hydrogens is 262 g/mol. The topological polar surface area (TPSA) is 57.8 Å². The lowest BCUT2D eigenvalue weighted by atomic mass is 10.1. The van der Waals surface area contributed by atoms with Gasteiger partial charge in [0.1, 0.15) is 0 Å². The van der Waals surface area contributed by atoms with Gasteiger partial charge in [-0.1, -0.05) is 30.8 Å². The maximum absolute atomic E-state index is 11.1. The van der Waals surface area contributed by atoms with E-state index in [0.29, 0.717) is 6.54 Å². The molecule has 4 heteroatoms. The van der Waals surface area contributed by atoms with Crippen LogP contribution in [0.25, 0.3) is 22.2 Å². The van der Waals surface area contributed by atoms with Crippen LogP contribution in [0.3, 0.4) is 0 Å². The Morgan fingerprint density at radius 2 is 2.14 bits per heavy atom. The lowest BCUT2D eigenvalue weighted by molar-refractivity contribution is -0.116. The number of fused-ring (bicyclic) bond motifs is 1. The van der Waals surface area contributed by atoms with Gasteiger partial charge in [0.05, 0.1) is 5.69 Å². The Kier molecular flexibility index (Phi) is 3.51. The molecular formula is C17H15N3O. The zero-order chi connectivity index (χ0) is 14.7. The molecule has 104 valence electrons. The number of hydrogen-bond acceptors (Lipinski definition) is 2. The molecule has 4 nitrogen and oxygen atoms in total. The highest BCUT2D eigenvalue weighted by molar-refractivity contribution is 5.94. The summed E-state index contributed by atoms with van der Waals surface area (Å²) in [4.78, 5) is 18.9. The fourth-order valence-corrected chi connectivity index (χ4v) is 2.23. The minimum absolute atomic E-state index is 0.185. The van der Waals surface area contributed by atoms with Crippen LogP contribution in [0.1, 0.15) is 5.56 Å². The van der Waals surface area contributed by atoms with Crippen LogP contribution in [-0.4, -0.2) is 15.9 Å². The van der Waals surface area contributed by atoms with Gasteiger partial charge < -0.3 is 10.3 Å². The second-order valence-electron chi connectivity index (χ2n) is 4.72. The Morgan fingerprint density at radius 3 is 2.90 bits per heavy atom. The van der Waals surface area contributed by atoms with Gasteiger partial charge >= 0.3 is 0 Å². The lowest BCUT2D eigenvalue weighted by Crippen LogP contribution is -2.19. The molecule has 0 saturated heterocycles. The number of H-pyrrole nitrogens is 1. The summed E-state index contributed by atoms with van der Waals surface area (Å²) >= 11 is 0. The first-order chi connectivity index (χ1) is 10.3. The van der Waals surface area contributed by atoms with E-state index in [1.807, 2.05) is 36.5 Å². The van der Waals surface area contributed by atoms with Crippen molar-refractivity contribution < 1.29 is 4.79 Å². The SMILES string of the molecule is C=CC(=O)NCc1ccc(-c2c[nH]c3ccccc23)nc1. The summed E-state index contributed by atoms with van der Waals surface area (Å²) < 4.78 is 0. The van der Waals surface area contributed by atoms with Crippen molar-refractivity contribution in [2.75, 3.05) is 0 Å². The van der Waals surface area contributed by atoms with E-state index in [4.69, 9.17) is 0 Å². The summed E-state index contributed by atoms with van der Waals surface area (Å²) in [5.74, 6) is -0.185. The molecule has 0 bridgehead atoms. The Hall–Kier alpha value is -2.88. The molecule has 0 unspecified atom stereocenters. The number of carbonyl (C=O) groups excluding carboxylic acids is 1. The molecule has 2 heterocycles. The van der Waals surface area contributed by atoms with Crippen LogP contribution in [0.2, 0.25) is 0 Å². The molecule has 0 fully saturated rings. The number of benzene rings is 1. The van der Waals surface area contributed by atoms with E-state index in [1.54, 1.807) is 6.20 Å². The molecule has 21 heavy (non-hydrogen) atoms. The van der Waals surface area contributed by atoms with Crippen molar-refractivity contribution >= 4 is 16.8 Å². The number of carbonyl (C=O) groups is 1. The number of pyridine rings is 1. The number of para-hydroxylation sites is 1. The van der Waals surface area contributed by atoms with E-state index in [0.717, 1.165) is 27.7 Å². The normalized spacial score (nSPS) is 10.5. The summed E-state index contributed by atoms with van der Waals surface area (Å²) in [6.07, 6.45) is 5.00. The molecule has 0 spiro atoms. The molecule has 0 aliphatic carbocycles. The van der Waals surface area contributed by atoms with Gasteiger partial charge in [0.25, 0.3) is 0 Å².